The van der Waals surface area contributed by atoms with E-state index in [0.29, 0.717) is 0 Å². The van der Waals surface area contributed by atoms with Crippen molar-refractivity contribution >= 4 is 0 Å². The van der Waals surface area contributed by atoms with Crippen LogP contribution >= 0.6 is 0 Å². The molecular formula is C23H36. The molecule has 0 saturated heterocycles. The van der Waals surface area contributed by atoms with Crippen molar-refractivity contribution in [3.8, 4) is 0 Å². The topological polar surface area (TPSA) is 0 Å². The van der Waals surface area contributed by atoms with Crippen LogP contribution in [-0.4, -0.2) is 0 Å². The Morgan fingerprint density at radius 2 is 1.43 bits per heavy atom. The highest BCUT2D eigenvalue weighted by Crippen LogP contribution is 2.42. The smallest absolute Gasteiger partial charge is 0.0626 e. The normalized spacial score (nSPS) is 34.3. The van der Waals surface area contributed by atoms with E-state index in [1.54, 1.807) is 6.07 Å². The second kappa shape index (κ2) is 8.90. The van der Waals surface area contributed by atoms with Crippen LogP contribution in [0.25, 0.3) is 0 Å². The zero-order valence-electron chi connectivity index (χ0n) is 18.9. The average molecular weight is 317 g/mol. The van der Waals surface area contributed by atoms with Crippen molar-refractivity contribution in [2.24, 2.45) is 23.7 Å². The van der Waals surface area contributed by atoms with Gasteiger partial charge in [0.25, 0.3) is 0 Å². The van der Waals surface area contributed by atoms with Gasteiger partial charge in [-0.3, -0.25) is 0 Å². The highest BCUT2D eigenvalue weighted by Gasteiger charge is 2.30. The van der Waals surface area contributed by atoms with Gasteiger partial charge >= 0.3 is 0 Å². The SMILES string of the molecule is [2H]c1cc(CCC2CCC(C3CCC(CCC)CC3)CC2)c([2H])c([2H])c1[2H]. The van der Waals surface area contributed by atoms with E-state index in [4.69, 9.17) is 5.48 Å². The van der Waals surface area contributed by atoms with E-state index in [1.807, 2.05) is 0 Å². The van der Waals surface area contributed by atoms with Gasteiger partial charge < -0.3 is 0 Å². The van der Waals surface area contributed by atoms with E-state index in [-0.39, 0.29) is 24.2 Å². The molecule has 0 bridgehead atoms. The van der Waals surface area contributed by atoms with Crippen LogP contribution in [0.4, 0.5) is 0 Å². The Hall–Kier alpha value is -0.780. The fourth-order valence-electron chi connectivity index (χ4n) is 5.11. The van der Waals surface area contributed by atoms with Crippen LogP contribution in [-0.2, 0) is 6.42 Å². The first-order valence-corrected chi connectivity index (χ1v) is 10.1. The van der Waals surface area contributed by atoms with Crippen LogP contribution in [0.15, 0.2) is 30.2 Å². The van der Waals surface area contributed by atoms with Gasteiger partial charge in [-0.15, -0.1) is 0 Å². The Morgan fingerprint density at radius 3 is 2.04 bits per heavy atom. The fraction of sp³-hybridized carbons (Fsp3) is 0.739. The molecule has 0 atom stereocenters. The van der Waals surface area contributed by atoms with Crippen molar-refractivity contribution in [2.45, 2.75) is 84.0 Å². The Bertz CT molecular complexity index is 611. The van der Waals surface area contributed by atoms with Gasteiger partial charge in [-0.05, 0) is 67.8 Å². The van der Waals surface area contributed by atoms with Crippen LogP contribution in [0, 0.1) is 23.7 Å². The highest BCUT2D eigenvalue weighted by atomic mass is 14.4. The lowest BCUT2D eigenvalue weighted by Gasteiger charge is -2.38. The van der Waals surface area contributed by atoms with E-state index >= 15 is 0 Å². The molecule has 0 unspecified atom stereocenters. The number of aryl methyl sites for hydroxylation is 1. The van der Waals surface area contributed by atoms with Crippen LogP contribution in [0.2, 0.25) is 0 Å². The number of hydrogen-bond donors (Lipinski definition) is 0. The van der Waals surface area contributed by atoms with Gasteiger partial charge in [-0.2, -0.15) is 0 Å². The van der Waals surface area contributed by atoms with E-state index in [9.17, 15) is 0 Å². The summed E-state index contributed by atoms with van der Waals surface area (Å²) >= 11 is 0. The van der Waals surface area contributed by atoms with Crippen molar-refractivity contribution in [3.63, 3.8) is 0 Å². The third-order valence-electron chi connectivity index (χ3n) is 6.57. The quantitative estimate of drug-likeness (QED) is 0.528. The summed E-state index contributed by atoms with van der Waals surface area (Å²) in [6.07, 6.45) is 15.8. The molecule has 23 heavy (non-hydrogen) atoms. The predicted molar refractivity (Wildman–Crippen MR) is 101 cm³/mol. The van der Waals surface area contributed by atoms with E-state index < -0.39 is 0 Å². The average Bonchev–Trinajstić information content (AvgIpc) is 2.69. The zero-order chi connectivity index (χ0) is 19.4. The summed E-state index contributed by atoms with van der Waals surface area (Å²) in [5, 5.41) is 0. The first-order chi connectivity index (χ1) is 13.0. The fourth-order valence-corrected chi connectivity index (χ4v) is 5.11. The zero-order valence-corrected chi connectivity index (χ0v) is 14.9. The third-order valence-corrected chi connectivity index (χ3v) is 6.57. The van der Waals surface area contributed by atoms with Crippen LogP contribution in [0.3, 0.4) is 0 Å². The van der Waals surface area contributed by atoms with Gasteiger partial charge in [0.1, 0.15) is 0 Å². The lowest BCUT2D eigenvalue weighted by atomic mass is 9.68. The van der Waals surface area contributed by atoms with E-state index in [1.165, 1.54) is 64.2 Å². The van der Waals surface area contributed by atoms with E-state index in [2.05, 4.69) is 6.92 Å². The summed E-state index contributed by atoms with van der Waals surface area (Å²) < 4.78 is 31.4. The lowest BCUT2D eigenvalue weighted by Crippen LogP contribution is -2.26. The molecule has 1 aromatic carbocycles. The summed E-state index contributed by atoms with van der Waals surface area (Å²) in [4.78, 5) is 0. The maximum Gasteiger partial charge on any atom is 0.0626 e. The van der Waals surface area contributed by atoms with Crippen molar-refractivity contribution in [1.29, 1.82) is 0 Å². The standard InChI is InChI=1S/C23H36/c1-2-6-19-11-15-22(16-12-19)23-17-13-21(14-18-23)10-9-20-7-4-3-5-8-20/h3-5,7-8,19,21-23H,2,6,9-18H2,1H3/i3D,4D,5D,7D. The molecule has 0 N–H and O–H groups in total. The largest absolute Gasteiger partial charge is 0.0654 e. The molecule has 2 fully saturated rings. The third kappa shape index (κ3) is 5.10. The maximum absolute atomic E-state index is 8.07. The minimum Gasteiger partial charge on any atom is -0.0654 e. The molecule has 0 heteroatoms. The molecule has 2 saturated carbocycles. The van der Waals surface area contributed by atoms with Crippen molar-refractivity contribution in [3.05, 3.63) is 35.8 Å². The monoisotopic (exact) mass is 316 g/mol. The van der Waals surface area contributed by atoms with Crippen LogP contribution in [0.1, 0.15) is 88.6 Å². The van der Waals surface area contributed by atoms with Gasteiger partial charge in [0.15, 0.2) is 0 Å². The second-order valence-corrected chi connectivity index (χ2v) is 8.08. The maximum atomic E-state index is 8.07. The summed E-state index contributed by atoms with van der Waals surface area (Å²) in [6, 6.07) is 1.70. The minimum atomic E-state index is -0.113. The predicted octanol–water partition coefficient (Wildman–Crippen LogP) is 7.03. The molecule has 1 aromatic rings. The van der Waals surface area contributed by atoms with Gasteiger partial charge in [-0.25, -0.2) is 0 Å². The number of hydrogen-bond acceptors (Lipinski definition) is 0. The highest BCUT2D eigenvalue weighted by molar-refractivity contribution is 5.14. The van der Waals surface area contributed by atoms with Crippen LogP contribution in [0.5, 0.6) is 0 Å². The molecule has 3 rings (SSSR count). The Morgan fingerprint density at radius 1 is 0.826 bits per heavy atom. The van der Waals surface area contributed by atoms with Gasteiger partial charge in [-0.1, -0.05) is 75.7 Å². The number of rotatable bonds is 6. The molecule has 2 aliphatic carbocycles. The first-order valence-electron chi connectivity index (χ1n) is 12.1. The summed E-state index contributed by atoms with van der Waals surface area (Å²) in [5.41, 5.74) is 0.789. The molecule has 0 aliphatic heterocycles. The van der Waals surface area contributed by atoms with Crippen molar-refractivity contribution < 1.29 is 5.48 Å². The summed E-state index contributed by atoms with van der Waals surface area (Å²) in [7, 11) is 0. The van der Waals surface area contributed by atoms with Crippen LogP contribution < -0.4 is 0 Å². The minimum absolute atomic E-state index is 0.0834. The van der Waals surface area contributed by atoms with E-state index in [0.717, 1.165) is 42.1 Å². The van der Waals surface area contributed by atoms with Gasteiger partial charge in [0.2, 0.25) is 0 Å². The summed E-state index contributed by atoms with van der Waals surface area (Å²) in [6.45, 7) is 2.31. The molecule has 0 aromatic heterocycles. The van der Waals surface area contributed by atoms with Crippen molar-refractivity contribution in [2.75, 3.05) is 0 Å². The van der Waals surface area contributed by atoms with Gasteiger partial charge in [0.05, 0.1) is 5.48 Å². The second-order valence-electron chi connectivity index (χ2n) is 8.08. The Labute approximate surface area is 149 Å². The summed E-state index contributed by atoms with van der Waals surface area (Å²) in [5.74, 6) is 3.65. The molecule has 0 spiro atoms. The first kappa shape index (κ1) is 12.6. The Balaban J connectivity index is 1.44. The Kier molecular flexibility index (Phi) is 4.86. The molecular weight excluding hydrogens is 276 g/mol. The molecule has 0 heterocycles. The molecule has 0 amide bonds. The molecule has 2 aliphatic rings. The molecule has 0 radical (unpaired) electrons. The molecule has 0 nitrogen and oxygen atoms in total. The van der Waals surface area contributed by atoms with Gasteiger partial charge in [0, 0.05) is 0 Å². The van der Waals surface area contributed by atoms with Crippen molar-refractivity contribution in [1.82, 2.24) is 0 Å². The molecule has 128 valence electrons. The lowest BCUT2D eigenvalue weighted by molar-refractivity contribution is 0.141. The number of benzene rings is 1.